The van der Waals surface area contributed by atoms with Crippen molar-refractivity contribution in [3.63, 3.8) is 0 Å². The van der Waals surface area contributed by atoms with Gasteiger partial charge in [-0.1, -0.05) is 12.1 Å². The summed E-state index contributed by atoms with van der Waals surface area (Å²) in [6, 6.07) is 6.46. The molecule has 0 spiro atoms. The van der Waals surface area contributed by atoms with Gasteiger partial charge in [0, 0.05) is 23.2 Å². The van der Waals surface area contributed by atoms with E-state index in [4.69, 9.17) is 10.7 Å². The van der Waals surface area contributed by atoms with Crippen molar-refractivity contribution in [3.8, 4) is 11.3 Å². The third kappa shape index (κ3) is 1.88. The topological polar surface area (TPSA) is 43.3 Å². The Bertz CT molecular complexity index is 752. The second-order valence-electron chi connectivity index (χ2n) is 4.91. The number of fused-ring (bicyclic) bond motifs is 1. The number of hydrogen-bond acceptors (Lipinski definition) is 3. The van der Waals surface area contributed by atoms with Crippen LogP contribution >= 0.6 is 11.3 Å². The molecular weight excluding hydrogens is 254 g/mol. The predicted molar refractivity (Wildman–Crippen MR) is 80.6 cm³/mol. The lowest BCUT2D eigenvalue weighted by atomic mass is 10.0. The van der Waals surface area contributed by atoms with Crippen LogP contribution in [0.3, 0.4) is 0 Å². The Hall–Kier alpha value is -1.65. The molecule has 3 aromatic rings. The first-order chi connectivity index (χ1) is 9.11. The second kappa shape index (κ2) is 4.47. The van der Waals surface area contributed by atoms with Crippen molar-refractivity contribution in [1.29, 1.82) is 0 Å². The average Bonchev–Trinajstić information content (AvgIpc) is 2.93. The lowest BCUT2D eigenvalue weighted by Gasteiger charge is -2.05. The Kier molecular flexibility index (Phi) is 2.92. The van der Waals surface area contributed by atoms with Gasteiger partial charge >= 0.3 is 0 Å². The molecule has 0 bridgehead atoms. The fraction of sp³-hybridized carbons (Fsp3) is 0.267. The first-order valence-corrected chi connectivity index (χ1v) is 7.23. The smallest absolute Gasteiger partial charge is 0.194 e. The molecule has 0 aliphatic carbocycles. The van der Waals surface area contributed by atoms with Crippen molar-refractivity contribution >= 4 is 16.3 Å². The predicted octanol–water partition coefficient (Wildman–Crippen LogP) is 3.45. The number of nitrogens with zero attached hydrogens (tertiary/aromatic N) is 2. The van der Waals surface area contributed by atoms with Gasteiger partial charge in [0.15, 0.2) is 4.96 Å². The summed E-state index contributed by atoms with van der Waals surface area (Å²) in [6.45, 7) is 6.85. The molecule has 0 aliphatic rings. The lowest BCUT2D eigenvalue weighted by Crippen LogP contribution is -2.03. The number of nitrogens with two attached hydrogens (primary N) is 1. The number of aromatic nitrogens is 2. The van der Waals surface area contributed by atoms with Crippen LogP contribution < -0.4 is 5.73 Å². The minimum absolute atomic E-state index is 0.501. The van der Waals surface area contributed by atoms with E-state index in [0.717, 1.165) is 21.9 Å². The van der Waals surface area contributed by atoms with Crippen molar-refractivity contribution in [3.05, 3.63) is 46.1 Å². The maximum Gasteiger partial charge on any atom is 0.194 e. The third-order valence-electron chi connectivity index (χ3n) is 3.60. The summed E-state index contributed by atoms with van der Waals surface area (Å²) in [5, 5.41) is 2.12. The molecule has 2 N–H and O–H groups in total. The summed E-state index contributed by atoms with van der Waals surface area (Å²) in [5.41, 5.74) is 13.0. The zero-order chi connectivity index (χ0) is 13.6. The molecule has 0 radical (unpaired) electrons. The van der Waals surface area contributed by atoms with Crippen molar-refractivity contribution in [2.24, 2.45) is 5.73 Å². The number of benzene rings is 1. The first-order valence-electron chi connectivity index (χ1n) is 6.35. The number of imidazole rings is 1. The highest BCUT2D eigenvalue weighted by molar-refractivity contribution is 7.15. The summed E-state index contributed by atoms with van der Waals surface area (Å²) in [7, 11) is 0. The quantitative estimate of drug-likeness (QED) is 0.776. The first kappa shape index (κ1) is 12.4. The van der Waals surface area contributed by atoms with Gasteiger partial charge in [-0.3, -0.25) is 4.40 Å². The fourth-order valence-corrected chi connectivity index (χ4v) is 3.26. The van der Waals surface area contributed by atoms with Crippen LogP contribution in [-0.2, 0) is 6.54 Å². The average molecular weight is 271 g/mol. The molecular formula is C15H17N3S. The van der Waals surface area contributed by atoms with Crippen LogP contribution in [0.4, 0.5) is 0 Å². The maximum atomic E-state index is 5.94. The molecule has 2 aromatic heterocycles. The van der Waals surface area contributed by atoms with Crippen LogP contribution in [0.1, 0.15) is 22.5 Å². The van der Waals surface area contributed by atoms with Crippen LogP contribution in [-0.4, -0.2) is 9.38 Å². The van der Waals surface area contributed by atoms with E-state index in [1.807, 2.05) is 0 Å². The zero-order valence-corrected chi connectivity index (χ0v) is 12.2. The molecule has 0 aliphatic heterocycles. The molecule has 4 heteroatoms. The van der Waals surface area contributed by atoms with Gasteiger partial charge in [-0.2, -0.15) is 0 Å². The normalized spacial score (nSPS) is 11.4. The highest BCUT2D eigenvalue weighted by atomic mass is 32.1. The highest BCUT2D eigenvalue weighted by Gasteiger charge is 2.15. The zero-order valence-electron chi connectivity index (χ0n) is 11.4. The van der Waals surface area contributed by atoms with E-state index in [0.29, 0.717) is 6.54 Å². The molecule has 0 unspecified atom stereocenters. The summed E-state index contributed by atoms with van der Waals surface area (Å²) in [5.74, 6) is 0. The van der Waals surface area contributed by atoms with Crippen LogP contribution in [0.5, 0.6) is 0 Å². The van der Waals surface area contributed by atoms with Crippen molar-refractivity contribution in [1.82, 2.24) is 9.38 Å². The van der Waals surface area contributed by atoms with Crippen molar-refractivity contribution in [2.45, 2.75) is 27.3 Å². The summed E-state index contributed by atoms with van der Waals surface area (Å²) in [4.78, 5) is 5.77. The Morgan fingerprint density at radius 1 is 1.21 bits per heavy atom. The van der Waals surface area contributed by atoms with Crippen LogP contribution in [0.15, 0.2) is 23.6 Å². The Labute approximate surface area is 116 Å². The van der Waals surface area contributed by atoms with Gasteiger partial charge in [0.25, 0.3) is 0 Å². The van der Waals surface area contributed by atoms with Crippen LogP contribution in [0.25, 0.3) is 16.2 Å². The standard InChI is InChI=1S/C15H17N3S/c1-9-4-5-12(6-10(9)2)14-13(7-16)18-11(3)8-19-15(18)17-14/h4-6,8H,7,16H2,1-3H3. The SMILES string of the molecule is Cc1ccc(-c2nc3scc(C)n3c2CN)cc1C. The van der Waals surface area contributed by atoms with Gasteiger partial charge in [0.2, 0.25) is 0 Å². The molecule has 0 fully saturated rings. The van der Waals surface area contributed by atoms with Crippen LogP contribution in [0, 0.1) is 20.8 Å². The molecule has 3 nitrogen and oxygen atoms in total. The van der Waals surface area contributed by atoms with Crippen LogP contribution in [0.2, 0.25) is 0 Å². The van der Waals surface area contributed by atoms with Gasteiger partial charge in [-0.25, -0.2) is 4.98 Å². The molecule has 0 amide bonds. The van der Waals surface area contributed by atoms with Gasteiger partial charge in [-0.15, -0.1) is 11.3 Å². The van der Waals surface area contributed by atoms with E-state index in [-0.39, 0.29) is 0 Å². The van der Waals surface area contributed by atoms with E-state index in [1.165, 1.54) is 16.8 Å². The van der Waals surface area contributed by atoms with Gasteiger partial charge in [0.05, 0.1) is 11.4 Å². The molecule has 3 rings (SSSR count). The minimum Gasteiger partial charge on any atom is -0.325 e. The number of thiazole rings is 1. The summed E-state index contributed by atoms with van der Waals surface area (Å²) >= 11 is 1.66. The Morgan fingerprint density at radius 3 is 2.68 bits per heavy atom. The van der Waals surface area contributed by atoms with Gasteiger partial charge < -0.3 is 5.73 Å². The molecule has 19 heavy (non-hydrogen) atoms. The summed E-state index contributed by atoms with van der Waals surface area (Å²) < 4.78 is 2.16. The molecule has 0 saturated heterocycles. The van der Waals surface area contributed by atoms with E-state index in [1.54, 1.807) is 11.3 Å². The van der Waals surface area contributed by atoms with E-state index >= 15 is 0 Å². The molecule has 1 aromatic carbocycles. The van der Waals surface area contributed by atoms with Crippen molar-refractivity contribution in [2.75, 3.05) is 0 Å². The summed E-state index contributed by atoms with van der Waals surface area (Å²) in [6.07, 6.45) is 0. The molecule has 0 atom stereocenters. The largest absolute Gasteiger partial charge is 0.325 e. The second-order valence-corrected chi connectivity index (χ2v) is 5.74. The highest BCUT2D eigenvalue weighted by Crippen LogP contribution is 2.29. The maximum absolute atomic E-state index is 5.94. The minimum atomic E-state index is 0.501. The number of rotatable bonds is 2. The third-order valence-corrected chi connectivity index (χ3v) is 4.55. The van der Waals surface area contributed by atoms with Crippen molar-refractivity contribution < 1.29 is 0 Å². The fourth-order valence-electron chi connectivity index (χ4n) is 2.37. The van der Waals surface area contributed by atoms with Gasteiger partial charge in [0.1, 0.15) is 0 Å². The van der Waals surface area contributed by atoms with E-state index in [2.05, 4.69) is 48.8 Å². The molecule has 2 heterocycles. The number of hydrogen-bond donors (Lipinski definition) is 1. The van der Waals surface area contributed by atoms with Gasteiger partial charge in [-0.05, 0) is 38.0 Å². The number of aryl methyl sites for hydroxylation is 3. The van der Waals surface area contributed by atoms with E-state index < -0.39 is 0 Å². The van der Waals surface area contributed by atoms with E-state index in [9.17, 15) is 0 Å². The Balaban J connectivity index is 2.26. The monoisotopic (exact) mass is 271 g/mol. The lowest BCUT2D eigenvalue weighted by molar-refractivity contribution is 0.946. The molecule has 98 valence electrons. The Morgan fingerprint density at radius 2 is 2.00 bits per heavy atom. The molecule has 0 saturated carbocycles.